The number of nitrogens with one attached hydrogen (secondary N) is 1. The second-order valence-corrected chi connectivity index (χ2v) is 17.6. The highest BCUT2D eigenvalue weighted by Gasteiger charge is 2.51. The predicted octanol–water partition coefficient (Wildman–Crippen LogP) is 6.27. The first-order valence-electron chi connectivity index (χ1n) is 25.0. The molecule has 9 N–H and O–H groups in total. The van der Waals surface area contributed by atoms with Crippen molar-refractivity contribution in [2.45, 2.75) is 235 Å². The number of hydrogen-bond donors (Lipinski definition) is 9. The molecule has 2 rings (SSSR count). The molecule has 12 atom stereocenters. The molecular formula is C51H89NO13. The first kappa shape index (κ1) is 58.8. The van der Waals surface area contributed by atoms with Crippen LogP contribution in [0.25, 0.3) is 0 Å². The van der Waals surface area contributed by atoms with Gasteiger partial charge in [-0.15, -0.1) is 0 Å². The molecule has 0 saturated carbocycles. The second kappa shape index (κ2) is 37.6. The van der Waals surface area contributed by atoms with E-state index in [1.165, 1.54) is 51.4 Å². The number of carbonyl (C=O) groups is 1. The Morgan fingerprint density at radius 2 is 1.06 bits per heavy atom. The molecule has 65 heavy (non-hydrogen) atoms. The summed E-state index contributed by atoms with van der Waals surface area (Å²) in [7, 11) is 0. The smallest absolute Gasteiger partial charge is 0.220 e. The van der Waals surface area contributed by atoms with E-state index in [1.54, 1.807) is 6.08 Å². The number of carbonyl (C=O) groups excluding carboxylic acids is 1. The van der Waals surface area contributed by atoms with Crippen molar-refractivity contribution in [3.8, 4) is 0 Å². The molecule has 0 aromatic rings. The van der Waals surface area contributed by atoms with Crippen LogP contribution in [0.15, 0.2) is 60.8 Å². The lowest BCUT2D eigenvalue weighted by Crippen LogP contribution is -2.65. The Labute approximate surface area is 390 Å². The summed E-state index contributed by atoms with van der Waals surface area (Å²) in [6, 6.07) is -0.945. The van der Waals surface area contributed by atoms with Gasteiger partial charge in [-0.05, 0) is 70.6 Å². The van der Waals surface area contributed by atoms with Gasteiger partial charge < -0.3 is 65.1 Å². The van der Waals surface area contributed by atoms with E-state index in [4.69, 9.17) is 18.9 Å². The van der Waals surface area contributed by atoms with Crippen LogP contribution in [-0.2, 0) is 23.7 Å². The van der Waals surface area contributed by atoms with Crippen molar-refractivity contribution >= 4 is 5.91 Å². The number of unbranched alkanes of at least 4 members (excludes halogenated alkanes) is 16. The van der Waals surface area contributed by atoms with E-state index < -0.39 is 86.8 Å². The van der Waals surface area contributed by atoms with Gasteiger partial charge in [0.1, 0.15) is 48.8 Å². The summed E-state index contributed by atoms with van der Waals surface area (Å²) in [5, 5.41) is 86.6. The fourth-order valence-electron chi connectivity index (χ4n) is 7.77. The summed E-state index contributed by atoms with van der Waals surface area (Å²) in [5.74, 6) is -0.272. The van der Waals surface area contributed by atoms with Crippen LogP contribution >= 0.6 is 0 Å². The van der Waals surface area contributed by atoms with Crippen molar-refractivity contribution in [2.24, 2.45) is 0 Å². The summed E-state index contributed by atoms with van der Waals surface area (Å²) in [6.45, 7) is 2.66. The van der Waals surface area contributed by atoms with Gasteiger partial charge in [0.05, 0.1) is 32.0 Å². The number of amides is 1. The van der Waals surface area contributed by atoms with Crippen molar-refractivity contribution in [1.82, 2.24) is 5.32 Å². The van der Waals surface area contributed by atoms with Gasteiger partial charge in [-0.1, -0.05) is 145 Å². The van der Waals surface area contributed by atoms with Crippen LogP contribution in [0.1, 0.15) is 162 Å². The average molecular weight is 924 g/mol. The monoisotopic (exact) mass is 924 g/mol. The normalized spacial score (nSPS) is 27.5. The molecule has 2 aliphatic rings. The Kier molecular flexibility index (Phi) is 34.1. The minimum atomic E-state index is -1.79. The maximum atomic E-state index is 13.1. The van der Waals surface area contributed by atoms with E-state index in [0.29, 0.717) is 12.8 Å². The molecule has 0 aromatic carbocycles. The molecule has 12 unspecified atom stereocenters. The lowest BCUT2D eigenvalue weighted by molar-refractivity contribution is -0.359. The number of aliphatic hydroxyl groups excluding tert-OH is 8. The van der Waals surface area contributed by atoms with Gasteiger partial charge in [-0.2, -0.15) is 0 Å². The highest BCUT2D eigenvalue weighted by molar-refractivity contribution is 5.76. The minimum Gasteiger partial charge on any atom is -0.394 e. The van der Waals surface area contributed by atoms with E-state index in [1.807, 2.05) is 6.08 Å². The molecule has 14 heteroatoms. The lowest BCUT2D eigenvalue weighted by Gasteiger charge is -2.46. The van der Waals surface area contributed by atoms with Gasteiger partial charge in [-0.25, -0.2) is 0 Å². The quantitative estimate of drug-likeness (QED) is 0.0248. The van der Waals surface area contributed by atoms with Crippen molar-refractivity contribution < 1.29 is 64.6 Å². The first-order valence-corrected chi connectivity index (χ1v) is 25.0. The molecule has 0 aliphatic carbocycles. The minimum absolute atomic E-state index is 0.251. The van der Waals surface area contributed by atoms with E-state index >= 15 is 0 Å². The number of hydrogen-bond acceptors (Lipinski definition) is 13. The number of allylic oxidation sites excluding steroid dienone is 9. The molecule has 0 spiro atoms. The van der Waals surface area contributed by atoms with Gasteiger partial charge >= 0.3 is 0 Å². The fourth-order valence-corrected chi connectivity index (χ4v) is 7.77. The van der Waals surface area contributed by atoms with Gasteiger partial charge in [-0.3, -0.25) is 4.79 Å². The standard InChI is InChI=1S/C51H89NO13/c1-3-5-7-9-11-13-15-17-18-19-20-21-23-24-26-28-30-32-34-40(55)39(52-43(56)35-33-31-29-27-25-22-16-14-12-10-8-6-4-2)38-62-50-48(61)46(59)49(42(37-54)64-50)65-51-47(60)45(58)44(57)41(36-53)63-51/h8,10,14,16,19-20,24,26,32,34,39-42,44-51,53-55,57-61H,3-7,9,11-13,15,17-18,21-23,25,27-31,33,35-38H2,1-2H3,(H,52,56)/b10-8-,16-14-,20-19+,26-24+,34-32+. The largest absolute Gasteiger partial charge is 0.394 e. The molecule has 1 amide bonds. The van der Waals surface area contributed by atoms with Crippen LogP contribution in [0.2, 0.25) is 0 Å². The van der Waals surface area contributed by atoms with E-state index in [9.17, 15) is 45.6 Å². The molecule has 0 radical (unpaired) electrons. The summed E-state index contributed by atoms with van der Waals surface area (Å²) >= 11 is 0. The predicted molar refractivity (Wildman–Crippen MR) is 254 cm³/mol. The highest BCUT2D eigenvalue weighted by atomic mass is 16.7. The Hall–Kier alpha value is -2.31. The van der Waals surface area contributed by atoms with Crippen molar-refractivity contribution in [1.29, 1.82) is 0 Å². The maximum Gasteiger partial charge on any atom is 0.220 e. The zero-order valence-electron chi connectivity index (χ0n) is 39.7. The summed E-state index contributed by atoms with van der Waals surface area (Å²) in [5.41, 5.74) is 0. The van der Waals surface area contributed by atoms with Crippen LogP contribution in [-0.4, -0.2) is 140 Å². The molecule has 2 saturated heterocycles. The molecule has 2 fully saturated rings. The van der Waals surface area contributed by atoms with Gasteiger partial charge in [0.25, 0.3) is 0 Å². The average Bonchev–Trinajstić information content (AvgIpc) is 3.30. The number of aliphatic hydroxyl groups is 8. The lowest BCUT2D eigenvalue weighted by atomic mass is 9.97. The Bertz CT molecular complexity index is 1320. The molecular weight excluding hydrogens is 835 g/mol. The third kappa shape index (κ3) is 25.0. The zero-order valence-corrected chi connectivity index (χ0v) is 39.7. The van der Waals surface area contributed by atoms with E-state index in [0.717, 1.165) is 77.0 Å². The number of ether oxygens (including phenoxy) is 4. The van der Waals surface area contributed by atoms with Crippen LogP contribution in [0.5, 0.6) is 0 Å². The van der Waals surface area contributed by atoms with Crippen LogP contribution in [0, 0.1) is 0 Å². The van der Waals surface area contributed by atoms with E-state index in [-0.39, 0.29) is 18.9 Å². The van der Waals surface area contributed by atoms with Crippen LogP contribution in [0.4, 0.5) is 0 Å². The Morgan fingerprint density at radius 3 is 1.66 bits per heavy atom. The topological polar surface area (TPSA) is 228 Å². The molecule has 0 bridgehead atoms. The van der Waals surface area contributed by atoms with Gasteiger partial charge in [0, 0.05) is 6.42 Å². The van der Waals surface area contributed by atoms with E-state index in [2.05, 4.69) is 67.8 Å². The van der Waals surface area contributed by atoms with Gasteiger partial charge in [0.2, 0.25) is 5.91 Å². The molecule has 2 aliphatic heterocycles. The summed E-state index contributed by atoms with van der Waals surface area (Å²) < 4.78 is 22.6. The summed E-state index contributed by atoms with van der Waals surface area (Å²) in [4.78, 5) is 13.1. The Balaban J connectivity index is 1.89. The number of rotatable bonds is 37. The molecule has 376 valence electrons. The van der Waals surface area contributed by atoms with Crippen LogP contribution < -0.4 is 5.32 Å². The maximum absolute atomic E-state index is 13.1. The zero-order chi connectivity index (χ0) is 47.5. The summed E-state index contributed by atoms with van der Waals surface area (Å²) in [6.07, 6.45) is 28.3. The first-order chi connectivity index (χ1) is 31.6. The highest BCUT2D eigenvalue weighted by Crippen LogP contribution is 2.30. The SMILES string of the molecule is CCC/C=C\C/C=C\CCCCCCCC(=O)NC(COC1OC(CO)C(OC2OC(CO)C(O)C(O)C2O)C(O)C1O)C(O)/C=C/CC/C=C/CC/C=C/CCCCCCCCCC. The molecule has 0 aromatic heterocycles. The van der Waals surface area contributed by atoms with Crippen molar-refractivity contribution in [3.05, 3.63) is 60.8 Å². The fraction of sp³-hybridized carbons (Fsp3) is 0.784. The van der Waals surface area contributed by atoms with Crippen molar-refractivity contribution in [2.75, 3.05) is 19.8 Å². The Morgan fingerprint density at radius 1 is 0.554 bits per heavy atom. The van der Waals surface area contributed by atoms with Gasteiger partial charge in [0.15, 0.2) is 12.6 Å². The third-order valence-corrected chi connectivity index (χ3v) is 11.9. The molecule has 14 nitrogen and oxygen atoms in total. The van der Waals surface area contributed by atoms with Crippen molar-refractivity contribution in [3.63, 3.8) is 0 Å². The van der Waals surface area contributed by atoms with Crippen LogP contribution in [0.3, 0.4) is 0 Å². The second-order valence-electron chi connectivity index (χ2n) is 17.6. The molecule has 2 heterocycles. The third-order valence-electron chi connectivity index (χ3n) is 11.9.